The van der Waals surface area contributed by atoms with Crippen LogP contribution in [0.4, 0.5) is 0 Å². The summed E-state index contributed by atoms with van der Waals surface area (Å²) in [7, 11) is 0. The van der Waals surface area contributed by atoms with Gasteiger partial charge in [-0.05, 0) is 104 Å². The van der Waals surface area contributed by atoms with E-state index in [-0.39, 0.29) is 17.1 Å². The number of aldehydes is 1. The topological polar surface area (TPSA) is 63.6 Å². The highest BCUT2D eigenvalue weighted by Crippen LogP contribution is 2.72. The summed E-state index contributed by atoms with van der Waals surface area (Å²) in [6.07, 6.45) is 13.3. The van der Waals surface area contributed by atoms with E-state index < -0.39 is 0 Å². The van der Waals surface area contributed by atoms with Crippen molar-refractivity contribution in [3.05, 3.63) is 29.8 Å². The maximum absolute atomic E-state index is 12.6. The van der Waals surface area contributed by atoms with E-state index in [4.69, 9.17) is 4.74 Å². The number of ether oxygens (including phenoxy) is 1. The number of fused-ring (bicyclic) bond motifs is 3. The molecular formula is C29H40O4. The Morgan fingerprint density at radius 2 is 1.85 bits per heavy atom. The van der Waals surface area contributed by atoms with Gasteiger partial charge >= 0.3 is 5.97 Å². The Bertz CT molecular complexity index is 893. The summed E-state index contributed by atoms with van der Waals surface area (Å²) in [4.78, 5) is 24.3. The van der Waals surface area contributed by atoms with E-state index in [1.54, 1.807) is 12.1 Å². The summed E-state index contributed by atoms with van der Waals surface area (Å²) < 4.78 is 5.92. The third kappa shape index (κ3) is 3.91. The summed E-state index contributed by atoms with van der Waals surface area (Å²) >= 11 is 0. The van der Waals surface area contributed by atoms with Crippen LogP contribution in [0.3, 0.4) is 0 Å². The molecule has 0 radical (unpaired) electrons. The minimum Gasteiger partial charge on any atom is -0.508 e. The normalized spacial score (nSPS) is 41.6. The number of carbonyl (C=O) groups is 2. The number of hydrogen-bond donors (Lipinski definition) is 1. The van der Waals surface area contributed by atoms with E-state index in [9.17, 15) is 14.7 Å². The maximum Gasteiger partial charge on any atom is 0.306 e. The molecule has 0 aromatic heterocycles. The lowest BCUT2D eigenvalue weighted by Gasteiger charge is -2.64. The Morgan fingerprint density at radius 3 is 2.61 bits per heavy atom. The number of aromatic hydroxyl groups is 1. The van der Waals surface area contributed by atoms with Gasteiger partial charge < -0.3 is 14.6 Å². The van der Waals surface area contributed by atoms with Gasteiger partial charge in [0.25, 0.3) is 0 Å². The van der Waals surface area contributed by atoms with Gasteiger partial charge in [-0.25, -0.2) is 0 Å². The van der Waals surface area contributed by atoms with Crippen LogP contribution >= 0.6 is 0 Å². The molecule has 4 saturated carbocycles. The number of hydrogen-bond acceptors (Lipinski definition) is 4. The highest BCUT2D eigenvalue weighted by molar-refractivity contribution is 5.69. The smallest absolute Gasteiger partial charge is 0.306 e. The molecule has 5 rings (SSSR count). The van der Waals surface area contributed by atoms with Crippen LogP contribution in [0, 0.1) is 39.9 Å². The van der Waals surface area contributed by atoms with Crippen LogP contribution < -0.4 is 0 Å². The number of carbonyl (C=O) groups excluding carboxylic acids is 2. The van der Waals surface area contributed by atoms with Gasteiger partial charge in [0.2, 0.25) is 0 Å². The van der Waals surface area contributed by atoms with Crippen molar-refractivity contribution in [1.29, 1.82) is 0 Å². The fourth-order valence-electron chi connectivity index (χ4n) is 9.19. The minimum atomic E-state index is -0.117. The predicted octanol–water partition coefficient (Wildman–Crippen LogP) is 6.10. The Hall–Kier alpha value is -1.84. The zero-order valence-corrected chi connectivity index (χ0v) is 20.4. The minimum absolute atomic E-state index is 0.0440. The Labute approximate surface area is 198 Å². The van der Waals surface area contributed by atoms with Crippen molar-refractivity contribution in [2.24, 2.45) is 39.9 Å². The van der Waals surface area contributed by atoms with E-state index in [1.165, 1.54) is 51.2 Å². The van der Waals surface area contributed by atoms with Gasteiger partial charge in [0.05, 0.1) is 6.61 Å². The van der Waals surface area contributed by atoms with Crippen LogP contribution in [-0.4, -0.2) is 24.0 Å². The van der Waals surface area contributed by atoms with Crippen molar-refractivity contribution in [2.45, 2.75) is 84.5 Å². The van der Waals surface area contributed by atoms with Crippen molar-refractivity contribution in [3.63, 3.8) is 0 Å². The van der Waals surface area contributed by atoms with E-state index in [0.717, 1.165) is 24.3 Å². The van der Waals surface area contributed by atoms with Gasteiger partial charge in [0.15, 0.2) is 0 Å². The molecule has 0 aliphatic heterocycles. The number of phenols is 1. The molecule has 4 nitrogen and oxygen atoms in total. The molecule has 0 heterocycles. The van der Waals surface area contributed by atoms with Crippen LogP contribution in [0.1, 0.15) is 83.6 Å². The van der Waals surface area contributed by atoms with E-state index in [0.29, 0.717) is 48.0 Å². The Morgan fingerprint density at radius 1 is 1.06 bits per heavy atom. The fourth-order valence-corrected chi connectivity index (χ4v) is 9.19. The maximum atomic E-state index is 12.6. The predicted molar refractivity (Wildman–Crippen MR) is 128 cm³/mol. The molecule has 0 amide bonds. The summed E-state index contributed by atoms with van der Waals surface area (Å²) in [6, 6.07) is 7.05. The molecule has 180 valence electrons. The molecule has 33 heavy (non-hydrogen) atoms. The first-order valence-electron chi connectivity index (χ1n) is 13.2. The summed E-state index contributed by atoms with van der Waals surface area (Å²) in [5.74, 6) is 2.36. The third-order valence-corrected chi connectivity index (χ3v) is 10.6. The van der Waals surface area contributed by atoms with Crippen LogP contribution in [-0.2, 0) is 20.7 Å². The molecule has 4 heteroatoms. The van der Waals surface area contributed by atoms with Crippen molar-refractivity contribution >= 4 is 12.3 Å². The molecule has 7 atom stereocenters. The number of aryl methyl sites for hydroxylation is 1. The second-order valence-electron chi connectivity index (χ2n) is 12.4. The first-order valence-corrected chi connectivity index (χ1v) is 13.2. The second kappa shape index (κ2) is 8.43. The lowest BCUT2D eigenvalue weighted by Crippen LogP contribution is -2.57. The molecule has 2 bridgehead atoms. The molecule has 4 fully saturated rings. The Kier molecular flexibility index (Phi) is 5.86. The standard InChI is InChI=1S/C29H40O4/c1-27(19-33-26(32)11-6-20-4-8-23(31)9-5-20)13-3-14-28(2)24(27)12-15-29-16-21(7-10-25(28)29)22(17-29)18-30/h4-5,8-9,18,21-22,24-25,31H,3,6-7,10-17,19H2,1-2H3. The average molecular weight is 453 g/mol. The van der Waals surface area contributed by atoms with E-state index in [1.807, 2.05) is 12.1 Å². The average Bonchev–Trinajstić information content (AvgIpc) is 3.06. The third-order valence-electron chi connectivity index (χ3n) is 10.6. The second-order valence-corrected chi connectivity index (χ2v) is 12.4. The monoisotopic (exact) mass is 452 g/mol. The van der Waals surface area contributed by atoms with E-state index >= 15 is 0 Å². The molecule has 1 N–H and O–H groups in total. The zero-order chi connectivity index (χ0) is 23.3. The van der Waals surface area contributed by atoms with Gasteiger partial charge in [-0.1, -0.05) is 32.4 Å². The Balaban J connectivity index is 1.25. The highest BCUT2D eigenvalue weighted by atomic mass is 16.5. The molecule has 1 aromatic rings. The largest absolute Gasteiger partial charge is 0.508 e. The van der Waals surface area contributed by atoms with Gasteiger partial charge in [0, 0.05) is 17.8 Å². The summed E-state index contributed by atoms with van der Waals surface area (Å²) in [5.41, 5.74) is 1.77. The molecule has 7 unspecified atom stereocenters. The molecule has 0 saturated heterocycles. The number of phenolic OH excluding ortho intramolecular Hbond substituents is 1. The van der Waals surface area contributed by atoms with Gasteiger partial charge in [-0.15, -0.1) is 0 Å². The molecule has 1 spiro atoms. The van der Waals surface area contributed by atoms with Gasteiger partial charge in [0.1, 0.15) is 12.0 Å². The highest BCUT2D eigenvalue weighted by Gasteiger charge is 2.64. The molecular weight excluding hydrogens is 412 g/mol. The number of esters is 1. The van der Waals surface area contributed by atoms with Crippen LogP contribution in [0.2, 0.25) is 0 Å². The van der Waals surface area contributed by atoms with Crippen molar-refractivity contribution in [2.75, 3.05) is 6.61 Å². The summed E-state index contributed by atoms with van der Waals surface area (Å²) in [5, 5.41) is 9.43. The first kappa shape index (κ1) is 22.9. The van der Waals surface area contributed by atoms with Gasteiger partial charge in [-0.3, -0.25) is 4.79 Å². The zero-order valence-electron chi connectivity index (χ0n) is 20.4. The van der Waals surface area contributed by atoms with Crippen molar-refractivity contribution in [1.82, 2.24) is 0 Å². The molecule has 4 aliphatic rings. The lowest BCUT2D eigenvalue weighted by atomic mass is 9.41. The number of rotatable bonds is 6. The summed E-state index contributed by atoms with van der Waals surface area (Å²) in [6.45, 7) is 5.44. The van der Waals surface area contributed by atoms with Crippen molar-refractivity contribution in [3.8, 4) is 5.75 Å². The molecule has 4 aliphatic carbocycles. The van der Waals surface area contributed by atoms with Crippen molar-refractivity contribution < 1.29 is 19.4 Å². The van der Waals surface area contributed by atoms with Crippen LogP contribution in [0.25, 0.3) is 0 Å². The lowest BCUT2D eigenvalue weighted by molar-refractivity contribution is -0.174. The SMILES string of the molecule is CC1(COC(=O)CCc2ccc(O)cc2)CCCC2(C)C1CCC13CC(C=O)C(CCC12)C3. The molecule has 1 aromatic carbocycles. The van der Waals surface area contributed by atoms with Crippen LogP contribution in [0.15, 0.2) is 24.3 Å². The quantitative estimate of drug-likeness (QED) is 0.419. The fraction of sp³-hybridized carbons (Fsp3) is 0.724. The number of benzene rings is 1. The van der Waals surface area contributed by atoms with Gasteiger partial charge in [-0.2, -0.15) is 0 Å². The van der Waals surface area contributed by atoms with Crippen LogP contribution in [0.5, 0.6) is 5.75 Å². The van der Waals surface area contributed by atoms with E-state index in [2.05, 4.69) is 13.8 Å². The first-order chi connectivity index (χ1) is 15.8.